The number of likely N-dealkylation sites (N-methyl/N-ethyl adjacent to an activating group) is 1. The SMILES string of the molecule is CCN1C(=O)COc2ccc(C(=O)C(C)n3ccc4cc(OC)ccc4c3=O)cc21. The normalized spacial score (nSPS) is 14.2. The smallest absolute Gasteiger partial charge is 0.265 e. The highest BCUT2D eigenvalue weighted by atomic mass is 16.5. The van der Waals surface area contributed by atoms with Gasteiger partial charge in [-0.15, -0.1) is 0 Å². The second kappa shape index (κ2) is 7.67. The van der Waals surface area contributed by atoms with Crippen LogP contribution in [0.5, 0.6) is 11.5 Å². The number of nitrogens with zero attached hydrogens (tertiary/aromatic N) is 2. The summed E-state index contributed by atoms with van der Waals surface area (Å²) in [6.07, 6.45) is 1.62. The van der Waals surface area contributed by atoms with Crippen LogP contribution in [0.2, 0.25) is 0 Å². The van der Waals surface area contributed by atoms with Crippen LogP contribution in [-0.4, -0.2) is 36.5 Å². The van der Waals surface area contributed by atoms with E-state index in [0.29, 0.717) is 34.7 Å². The molecule has 1 atom stereocenters. The predicted molar refractivity (Wildman–Crippen MR) is 114 cm³/mol. The Balaban J connectivity index is 1.71. The highest BCUT2D eigenvalue weighted by Gasteiger charge is 2.27. The number of benzene rings is 2. The number of rotatable bonds is 5. The van der Waals surface area contributed by atoms with Crippen molar-refractivity contribution in [3.05, 3.63) is 64.6 Å². The van der Waals surface area contributed by atoms with E-state index in [1.807, 2.05) is 6.92 Å². The summed E-state index contributed by atoms with van der Waals surface area (Å²) in [7, 11) is 1.57. The number of pyridine rings is 1. The van der Waals surface area contributed by atoms with Gasteiger partial charge in [0.25, 0.3) is 11.5 Å². The summed E-state index contributed by atoms with van der Waals surface area (Å²) in [6, 6.07) is 11.3. The number of methoxy groups -OCH3 is 1. The molecular formula is C23H22N2O5. The third kappa shape index (κ3) is 3.22. The van der Waals surface area contributed by atoms with Crippen LogP contribution < -0.4 is 19.9 Å². The number of carbonyl (C=O) groups is 2. The van der Waals surface area contributed by atoms with Gasteiger partial charge in [-0.1, -0.05) is 0 Å². The molecular weight excluding hydrogens is 384 g/mol. The summed E-state index contributed by atoms with van der Waals surface area (Å²) >= 11 is 0. The maximum absolute atomic E-state index is 13.2. The molecule has 1 unspecified atom stereocenters. The minimum atomic E-state index is -0.711. The van der Waals surface area contributed by atoms with Crippen molar-refractivity contribution >= 4 is 28.2 Å². The average molecular weight is 406 g/mol. The van der Waals surface area contributed by atoms with Crippen molar-refractivity contribution in [1.29, 1.82) is 0 Å². The Morgan fingerprint density at radius 3 is 2.70 bits per heavy atom. The Morgan fingerprint density at radius 1 is 1.17 bits per heavy atom. The number of fused-ring (bicyclic) bond motifs is 2. The van der Waals surface area contributed by atoms with Crippen molar-refractivity contribution in [1.82, 2.24) is 4.57 Å². The molecule has 1 aliphatic rings. The molecule has 0 bridgehead atoms. The number of Topliss-reactive ketones (excluding diaryl/α,β-unsaturated/α-hetero) is 1. The van der Waals surface area contributed by atoms with Crippen LogP contribution >= 0.6 is 0 Å². The van der Waals surface area contributed by atoms with E-state index in [2.05, 4.69) is 0 Å². The highest BCUT2D eigenvalue weighted by molar-refractivity contribution is 6.03. The molecule has 30 heavy (non-hydrogen) atoms. The molecule has 1 amide bonds. The highest BCUT2D eigenvalue weighted by Crippen LogP contribution is 2.33. The van der Waals surface area contributed by atoms with Gasteiger partial charge >= 0.3 is 0 Å². The number of amides is 1. The predicted octanol–water partition coefficient (Wildman–Crippen LogP) is 3.20. The molecule has 0 saturated heterocycles. The van der Waals surface area contributed by atoms with Crippen molar-refractivity contribution in [2.45, 2.75) is 19.9 Å². The van der Waals surface area contributed by atoms with Gasteiger partial charge in [-0.2, -0.15) is 0 Å². The molecule has 0 saturated carbocycles. The molecule has 1 aliphatic heterocycles. The first-order valence-corrected chi connectivity index (χ1v) is 9.75. The molecule has 154 valence electrons. The van der Waals surface area contributed by atoms with Gasteiger partial charge in [0, 0.05) is 23.7 Å². The third-order valence-electron chi connectivity index (χ3n) is 5.44. The molecule has 0 radical (unpaired) electrons. The number of hydrogen-bond acceptors (Lipinski definition) is 5. The Labute approximate surface area is 173 Å². The second-order valence-electron chi connectivity index (χ2n) is 7.13. The number of ether oxygens (including phenoxy) is 2. The van der Waals surface area contributed by atoms with Gasteiger partial charge in [-0.25, -0.2) is 0 Å². The molecule has 7 nitrogen and oxygen atoms in total. The first kappa shape index (κ1) is 19.7. The Bertz CT molecular complexity index is 1210. The van der Waals surface area contributed by atoms with Crippen LogP contribution in [0.1, 0.15) is 30.2 Å². The Kier molecular flexibility index (Phi) is 5.03. The molecule has 2 aromatic carbocycles. The standard InChI is InChI=1S/C23H22N2O5/c1-4-24-19-12-16(5-8-20(19)30-13-21(24)26)22(27)14(2)25-10-9-15-11-17(29-3)6-7-18(15)23(25)28/h5-12,14H,4,13H2,1-3H3. The molecule has 0 N–H and O–H groups in total. The van der Waals surface area contributed by atoms with E-state index in [0.717, 1.165) is 5.39 Å². The lowest BCUT2D eigenvalue weighted by Gasteiger charge is -2.28. The zero-order chi connectivity index (χ0) is 21.4. The van der Waals surface area contributed by atoms with Crippen molar-refractivity contribution < 1.29 is 19.1 Å². The zero-order valence-corrected chi connectivity index (χ0v) is 17.0. The fraction of sp³-hybridized carbons (Fsp3) is 0.261. The van der Waals surface area contributed by atoms with Crippen molar-refractivity contribution in [3.8, 4) is 11.5 Å². The van der Waals surface area contributed by atoms with Crippen molar-refractivity contribution in [2.75, 3.05) is 25.2 Å². The molecule has 0 fully saturated rings. The second-order valence-corrected chi connectivity index (χ2v) is 7.13. The lowest BCUT2D eigenvalue weighted by Crippen LogP contribution is -2.38. The lowest BCUT2D eigenvalue weighted by atomic mass is 10.0. The summed E-state index contributed by atoms with van der Waals surface area (Å²) in [5.74, 6) is 0.859. The van der Waals surface area contributed by atoms with Gasteiger partial charge in [0.15, 0.2) is 12.4 Å². The first-order valence-electron chi connectivity index (χ1n) is 9.75. The quantitative estimate of drug-likeness (QED) is 0.608. The molecule has 3 aromatic rings. The average Bonchev–Trinajstić information content (AvgIpc) is 2.77. The number of aromatic nitrogens is 1. The summed E-state index contributed by atoms with van der Waals surface area (Å²) in [4.78, 5) is 39.8. The Hall–Kier alpha value is -3.61. The summed E-state index contributed by atoms with van der Waals surface area (Å²) in [6.45, 7) is 4.03. The van der Waals surface area contributed by atoms with Gasteiger partial charge in [0.1, 0.15) is 11.5 Å². The summed E-state index contributed by atoms with van der Waals surface area (Å²) in [5, 5.41) is 1.26. The van der Waals surface area contributed by atoms with E-state index in [1.54, 1.807) is 67.6 Å². The van der Waals surface area contributed by atoms with Gasteiger partial charge in [-0.05, 0) is 61.7 Å². The molecule has 1 aromatic heterocycles. The van der Waals surface area contributed by atoms with Crippen molar-refractivity contribution in [3.63, 3.8) is 0 Å². The van der Waals surface area contributed by atoms with Crippen molar-refractivity contribution in [2.24, 2.45) is 0 Å². The molecule has 0 aliphatic carbocycles. The van der Waals surface area contributed by atoms with Crippen LogP contribution in [-0.2, 0) is 4.79 Å². The molecule has 2 heterocycles. The third-order valence-corrected chi connectivity index (χ3v) is 5.44. The van der Waals surface area contributed by atoms with Crippen LogP contribution in [0.15, 0.2) is 53.5 Å². The van der Waals surface area contributed by atoms with E-state index in [-0.39, 0.29) is 23.9 Å². The molecule has 4 rings (SSSR count). The number of carbonyl (C=O) groups excluding carboxylic acids is 2. The van der Waals surface area contributed by atoms with E-state index in [1.165, 1.54) is 4.57 Å². The van der Waals surface area contributed by atoms with Crippen LogP contribution in [0.4, 0.5) is 5.69 Å². The summed E-state index contributed by atoms with van der Waals surface area (Å²) in [5.41, 5.74) is 0.743. The molecule has 0 spiro atoms. The summed E-state index contributed by atoms with van der Waals surface area (Å²) < 4.78 is 12.1. The minimum absolute atomic E-state index is 0.0121. The van der Waals surface area contributed by atoms with Gasteiger partial charge in [0.05, 0.1) is 18.8 Å². The topological polar surface area (TPSA) is 77.8 Å². The maximum atomic E-state index is 13.2. The fourth-order valence-corrected chi connectivity index (χ4v) is 3.74. The lowest BCUT2D eigenvalue weighted by molar-refractivity contribution is -0.121. The number of hydrogen-bond donors (Lipinski definition) is 0. The van der Waals surface area contributed by atoms with Gasteiger partial charge in [-0.3, -0.25) is 14.4 Å². The van der Waals surface area contributed by atoms with Crippen LogP contribution in [0.3, 0.4) is 0 Å². The number of anilines is 1. The van der Waals surface area contributed by atoms with E-state index >= 15 is 0 Å². The van der Waals surface area contributed by atoms with E-state index in [9.17, 15) is 14.4 Å². The van der Waals surface area contributed by atoms with Crippen LogP contribution in [0.25, 0.3) is 10.8 Å². The van der Waals surface area contributed by atoms with E-state index in [4.69, 9.17) is 9.47 Å². The van der Waals surface area contributed by atoms with Crippen LogP contribution in [0, 0.1) is 0 Å². The molecule has 7 heteroatoms. The maximum Gasteiger partial charge on any atom is 0.265 e. The largest absolute Gasteiger partial charge is 0.497 e. The number of ketones is 1. The van der Waals surface area contributed by atoms with Gasteiger partial charge < -0.3 is 18.9 Å². The van der Waals surface area contributed by atoms with E-state index < -0.39 is 6.04 Å². The Morgan fingerprint density at radius 2 is 1.97 bits per heavy atom. The fourth-order valence-electron chi connectivity index (χ4n) is 3.74. The first-order chi connectivity index (χ1) is 14.4. The zero-order valence-electron chi connectivity index (χ0n) is 17.0. The van der Waals surface area contributed by atoms with Gasteiger partial charge in [0.2, 0.25) is 0 Å². The minimum Gasteiger partial charge on any atom is -0.497 e. The monoisotopic (exact) mass is 406 g/mol.